The number of rotatable bonds is 2. The van der Waals surface area contributed by atoms with Crippen molar-refractivity contribution in [3.05, 3.63) is 71.5 Å². The van der Waals surface area contributed by atoms with Gasteiger partial charge in [0.25, 0.3) is 0 Å². The average Bonchev–Trinajstić information content (AvgIpc) is 3.32. The summed E-state index contributed by atoms with van der Waals surface area (Å²) in [6.45, 7) is 0. The van der Waals surface area contributed by atoms with Crippen LogP contribution in [0.1, 0.15) is 24.0 Å². The third kappa shape index (κ3) is 2.59. The summed E-state index contributed by atoms with van der Waals surface area (Å²) in [6, 6.07) is 15.5. The van der Waals surface area contributed by atoms with Crippen molar-refractivity contribution >= 4 is 0 Å². The van der Waals surface area contributed by atoms with Crippen molar-refractivity contribution in [2.75, 3.05) is 0 Å². The quantitative estimate of drug-likeness (QED) is 0.825. The molecule has 3 rings (SSSR count). The van der Waals surface area contributed by atoms with E-state index in [-0.39, 0.29) is 11.7 Å². The van der Waals surface area contributed by atoms with Crippen molar-refractivity contribution in [1.82, 2.24) is 0 Å². The fourth-order valence-electron chi connectivity index (χ4n) is 2.30. The van der Waals surface area contributed by atoms with Crippen molar-refractivity contribution in [3.63, 3.8) is 0 Å². The van der Waals surface area contributed by atoms with Crippen LogP contribution >= 0.6 is 0 Å². The lowest BCUT2D eigenvalue weighted by Gasteiger charge is -2.22. The SMILES string of the molecule is OC(C#Cc1ccccc1)(c1ccc(F)cc1)C1CC1. The Bertz CT molecular complexity index is 647. The van der Waals surface area contributed by atoms with Gasteiger partial charge >= 0.3 is 0 Å². The Morgan fingerprint density at radius 1 is 1.00 bits per heavy atom. The van der Waals surface area contributed by atoms with Crippen LogP contribution in [0.3, 0.4) is 0 Å². The van der Waals surface area contributed by atoms with Crippen molar-refractivity contribution < 1.29 is 9.50 Å². The number of benzene rings is 2. The van der Waals surface area contributed by atoms with Gasteiger partial charge in [-0.15, -0.1) is 0 Å². The molecule has 1 atom stereocenters. The van der Waals surface area contributed by atoms with Crippen LogP contribution in [0.5, 0.6) is 0 Å². The Morgan fingerprint density at radius 3 is 2.25 bits per heavy atom. The summed E-state index contributed by atoms with van der Waals surface area (Å²) in [7, 11) is 0. The van der Waals surface area contributed by atoms with E-state index >= 15 is 0 Å². The normalized spacial score (nSPS) is 16.9. The van der Waals surface area contributed by atoms with Crippen LogP contribution in [0.15, 0.2) is 54.6 Å². The van der Waals surface area contributed by atoms with Gasteiger partial charge in [0, 0.05) is 11.5 Å². The van der Waals surface area contributed by atoms with Crippen LogP contribution in [-0.2, 0) is 5.60 Å². The standard InChI is InChI=1S/C18H15FO/c19-17-10-8-16(9-11-17)18(20,15-6-7-15)13-12-14-4-2-1-3-5-14/h1-5,8-11,15,20H,6-7H2. The Labute approximate surface area is 118 Å². The van der Waals surface area contributed by atoms with Crippen molar-refractivity contribution in [2.45, 2.75) is 18.4 Å². The van der Waals surface area contributed by atoms with Crippen LogP contribution in [0.2, 0.25) is 0 Å². The third-order valence-corrected chi connectivity index (χ3v) is 3.62. The van der Waals surface area contributed by atoms with E-state index in [0.29, 0.717) is 5.56 Å². The minimum Gasteiger partial charge on any atom is -0.373 e. The van der Waals surface area contributed by atoms with Crippen molar-refractivity contribution in [2.24, 2.45) is 5.92 Å². The lowest BCUT2D eigenvalue weighted by molar-refractivity contribution is 0.0756. The third-order valence-electron chi connectivity index (χ3n) is 3.62. The van der Waals surface area contributed by atoms with E-state index in [9.17, 15) is 9.50 Å². The van der Waals surface area contributed by atoms with Gasteiger partial charge in [-0.2, -0.15) is 0 Å². The maximum absolute atomic E-state index is 13.0. The van der Waals surface area contributed by atoms with E-state index in [1.54, 1.807) is 12.1 Å². The Morgan fingerprint density at radius 2 is 1.65 bits per heavy atom. The molecule has 2 aromatic carbocycles. The monoisotopic (exact) mass is 266 g/mol. The molecule has 0 saturated heterocycles. The van der Waals surface area contributed by atoms with Crippen molar-refractivity contribution in [3.8, 4) is 11.8 Å². The summed E-state index contributed by atoms with van der Waals surface area (Å²) in [6.07, 6.45) is 1.91. The molecule has 1 unspecified atom stereocenters. The van der Waals surface area contributed by atoms with E-state index in [0.717, 1.165) is 18.4 Å². The van der Waals surface area contributed by atoms with E-state index in [1.807, 2.05) is 30.3 Å². The molecule has 1 aliphatic rings. The maximum atomic E-state index is 13.0. The molecular weight excluding hydrogens is 251 g/mol. The van der Waals surface area contributed by atoms with Gasteiger partial charge in [-0.25, -0.2) is 4.39 Å². The van der Waals surface area contributed by atoms with Crippen LogP contribution in [0.25, 0.3) is 0 Å². The van der Waals surface area contributed by atoms with Gasteiger partial charge in [-0.3, -0.25) is 0 Å². The van der Waals surface area contributed by atoms with E-state index < -0.39 is 5.60 Å². The van der Waals surface area contributed by atoms with Gasteiger partial charge in [0.15, 0.2) is 5.60 Å². The molecule has 1 nitrogen and oxygen atoms in total. The number of hydrogen-bond acceptors (Lipinski definition) is 1. The zero-order chi connectivity index (χ0) is 14.0. The average molecular weight is 266 g/mol. The number of hydrogen-bond donors (Lipinski definition) is 1. The molecule has 0 spiro atoms. The molecule has 0 radical (unpaired) electrons. The van der Waals surface area contributed by atoms with E-state index in [4.69, 9.17) is 0 Å². The first kappa shape index (κ1) is 12.9. The molecule has 2 aromatic rings. The highest BCUT2D eigenvalue weighted by Crippen LogP contribution is 2.45. The second-order valence-electron chi connectivity index (χ2n) is 5.16. The number of aliphatic hydroxyl groups is 1. The summed E-state index contributed by atoms with van der Waals surface area (Å²) in [4.78, 5) is 0. The molecule has 0 amide bonds. The van der Waals surface area contributed by atoms with Gasteiger partial charge in [-0.1, -0.05) is 42.2 Å². The molecule has 100 valence electrons. The zero-order valence-corrected chi connectivity index (χ0v) is 11.0. The summed E-state index contributed by atoms with van der Waals surface area (Å²) in [5.41, 5.74) is 0.363. The second kappa shape index (κ2) is 5.11. The van der Waals surface area contributed by atoms with Crippen LogP contribution in [0, 0.1) is 23.6 Å². The Balaban J connectivity index is 1.97. The second-order valence-corrected chi connectivity index (χ2v) is 5.16. The molecule has 1 N–H and O–H groups in total. The molecule has 0 heterocycles. The minimum absolute atomic E-state index is 0.143. The Kier molecular flexibility index (Phi) is 3.30. The molecule has 20 heavy (non-hydrogen) atoms. The molecule has 0 aromatic heterocycles. The summed E-state index contributed by atoms with van der Waals surface area (Å²) in [5.74, 6) is 5.86. The van der Waals surface area contributed by atoms with E-state index in [1.165, 1.54) is 12.1 Å². The predicted octanol–water partition coefficient (Wildman–Crippen LogP) is 3.48. The molecular formula is C18H15FO. The predicted molar refractivity (Wildman–Crippen MR) is 76.3 cm³/mol. The fraction of sp³-hybridized carbons (Fsp3) is 0.222. The summed E-state index contributed by atoms with van der Waals surface area (Å²) < 4.78 is 13.0. The molecule has 1 aliphatic carbocycles. The highest BCUT2D eigenvalue weighted by molar-refractivity contribution is 5.41. The molecule has 2 heteroatoms. The van der Waals surface area contributed by atoms with Crippen LogP contribution in [0.4, 0.5) is 4.39 Å². The lowest BCUT2D eigenvalue weighted by Crippen LogP contribution is -2.26. The largest absolute Gasteiger partial charge is 0.373 e. The van der Waals surface area contributed by atoms with Gasteiger partial charge in [0.2, 0.25) is 0 Å². The van der Waals surface area contributed by atoms with E-state index in [2.05, 4.69) is 11.8 Å². The zero-order valence-electron chi connectivity index (χ0n) is 11.0. The summed E-state index contributed by atoms with van der Waals surface area (Å²) in [5, 5.41) is 10.9. The highest BCUT2D eigenvalue weighted by Gasteiger charge is 2.44. The lowest BCUT2D eigenvalue weighted by atomic mass is 9.89. The van der Waals surface area contributed by atoms with Gasteiger partial charge in [0.1, 0.15) is 5.82 Å². The first-order valence-electron chi connectivity index (χ1n) is 6.75. The van der Waals surface area contributed by atoms with Crippen LogP contribution < -0.4 is 0 Å². The molecule has 1 saturated carbocycles. The van der Waals surface area contributed by atoms with Gasteiger partial charge in [-0.05, 0) is 42.7 Å². The minimum atomic E-state index is -1.18. The van der Waals surface area contributed by atoms with Gasteiger partial charge < -0.3 is 5.11 Å². The van der Waals surface area contributed by atoms with Crippen LogP contribution in [-0.4, -0.2) is 5.11 Å². The first-order valence-corrected chi connectivity index (χ1v) is 6.75. The topological polar surface area (TPSA) is 20.2 Å². The Hall–Kier alpha value is -2.11. The highest BCUT2D eigenvalue weighted by atomic mass is 19.1. The molecule has 0 aliphatic heterocycles. The van der Waals surface area contributed by atoms with Crippen molar-refractivity contribution in [1.29, 1.82) is 0 Å². The maximum Gasteiger partial charge on any atom is 0.154 e. The fourth-order valence-corrected chi connectivity index (χ4v) is 2.30. The van der Waals surface area contributed by atoms with Gasteiger partial charge in [0.05, 0.1) is 0 Å². The molecule has 0 bridgehead atoms. The first-order chi connectivity index (χ1) is 9.68. The summed E-state index contributed by atoms with van der Waals surface area (Å²) >= 11 is 0. The smallest absolute Gasteiger partial charge is 0.154 e. The number of halogens is 1. The molecule has 1 fully saturated rings.